The highest BCUT2D eigenvalue weighted by Crippen LogP contribution is 2.28. The number of anilines is 1. The molecule has 94 valence electrons. The number of carbonyl (C=O) groups excluding carboxylic acids is 1. The first-order valence-electron chi connectivity index (χ1n) is 5.07. The van der Waals surface area contributed by atoms with E-state index in [4.69, 9.17) is 33.7 Å². The summed E-state index contributed by atoms with van der Waals surface area (Å²) in [5.41, 5.74) is 6.36. The normalized spacial score (nSPS) is 10.1. The number of nitrogen functional groups attached to an aromatic ring is 1. The van der Waals surface area contributed by atoms with Crippen molar-refractivity contribution in [3.05, 3.63) is 22.7 Å². The lowest BCUT2D eigenvalue weighted by Gasteiger charge is -2.10. The molecular weight excluding hydrogens is 263 g/mol. The van der Waals surface area contributed by atoms with Gasteiger partial charge in [-0.1, -0.05) is 11.6 Å². The molecule has 0 fully saturated rings. The van der Waals surface area contributed by atoms with Crippen LogP contribution in [0.4, 0.5) is 5.69 Å². The first-order valence-corrected chi connectivity index (χ1v) is 5.98. The zero-order valence-electron chi connectivity index (χ0n) is 9.43. The standard InChI is InChI=1S/C11H14Cl2N2O2/c1-17-10-6-9(14)8(13)5-7(10)11(16)15-4-2-3-12/h5-6H,2-4,14H2,1H3,(H,15,16). The van der Waals surface area contributed by atoms with Crippen molar-refractivity contribution < 1.29 is 9.53 Å². The second-order valence-electron chi connectivity index (χ2n) is 3.37. The minimum atomic E-state index is -0.256. The predicted molar refractivity (Wildman–Crippen MR) is 70.1 cm³/mol. The Hall–Kier alpha value is -1.13. The minimum absolute atomic E-state index is 0.256. The summed E-state index contributed by atoms with van der Waals surface area (Å²) in [6, 6.07) is 3.02. The van der Waals surface area contributed by atoms with E-state index in [1.807, 2.05) is 0 Å². The van der Waals surface area contributed by atoms with Gasteiger partial charge in [-0.2, -0.15) is 0 Å². The van der Waals surface area contributed by atoms with Crippen molar-refractivity contribution in [3.8, 4) is 5.75 Å². The summed E-state index contributed by atoms with van der Waals surface area (Å²) in [6.45, 7) is 0.507. The fourth-order valence-electron chi connectivity index (χ4n) is 1.28. The lowest BCUT2D eigenvalue weighted by Crippen LogP contribution is -2.25. The van der Waals surface area contributed by atoms with Crippen molar-refractivity contribution in [3.63, 3.8) is 0 Å². The molecule has 0 aliphatic carbocycles. The van der Waals surface area contributed by atoms with Gasteiger partial charge >= 0.3 is 0 Å². The van der Waals surface area contributed by atoms with Gasteiger partial charge in [-0.25, -0.2) is 0 Å². The van der Waals surface area contributed by atoms with Gasteiger partial charge < -0.3 is 15.8 Å². The van der Waals surface area contributed by atoms with E-state index in [0.717, 1.165) is 0 Å². The molecule has 1 aromatic carbocycles. The van der Waals surface area contributed by atoms with Crippen LogP contribution in [-0.2, 0) is 0 Å². The van der Waals surface area contributed by atoms with Gasteiger partial charge in [0.2, 0.25) is 0 Å². The van der Waals surface area contributed by atoms with Crippen molar-refractivity contribution in [1.29, 1.82) is 0 Å². The molecule has 0 unspecified atom stereocenters. The number of ether oxygens (including phenoxy) is 1. The molecule has 0 bridgehead atoms. The number of hydrogen-bond donors (Lipinski definition) is 2. The van der Waals surface area contributed by atoms with Crippen molar-refractivity contribution in [2.45, 2.75) is 6.42 Å². The third-order valence-electron chi connectivity index (χ3n) is 2.16. The number of methoxy groups -OCH3 is 1. The quantitative estimate of drug-likeness (QED) is 0.493. The summed E-state index contributed by atoms with van der Waals surface area (Å²) >= 11 is 11.4. The molecule has 6 heteroatoms. The largest absolute Gasteiger partial charge is 0.496 e. The summed E-state index contributed by atoms with van der Waals surface area (Å²) in [6.07, 6.45) is 0.707. The van der Waals surface area contributed by atoms with Gasteiger partial charge in [-0.3, -0.25) is 4.79 Å². The van der Waals surface area contributed by atoms with Crippen LogP contribution in [0.3, 0.4) is 0 Å². The number of nitrogens with two attached hydrogens (primary N) is 1. The van der Waals surface area contributed by atoms with Crippen LogP contribution in [0, 0.1) is 0 Å². The number of benzene rings is 1. The second-order valence-corrected chi connectivity index (χ2v) is 4.16. The molecule has 0 aliphatic rings. The molecule has 0 saturated heterocycles. The number of carbonyl (C=O) groups is 1. The molecule has 0 radical (unpaired) electrons. The number of alkyl halides is 1. The number of nitrogens with one attached hydrogen (secondary N) is 1. The molecule has 0 saturated carbocycles. The number of hydrogen-bond acceptors (Lipinski definition) is 3. The molecule has 3 N–H and O–H groups in total. The number of rotatable bonds is 5. The first-order chi connectivity index (χ1) is 8.10. The Balaban J connectivity index is 2.88. The molecule has 0 aliphatic heterocycles. The highest BCUT2D eigenvalue weighted by Gasteiger charge is 2.14. The molecule has 0 spiro atoms. The Morgan fingerprint density at radius 1 is 1.53 bits per heavy atom. The maximum absolute atomic E-state index is 11.8. The maximum Gasteiger partial charge on any atom is 0.255 e. The molecule has 0 heterocycles. The summed E-state index contributed by atoms with van der Waals surface area (Å²) in [4.78, 5) is 11.8. The predicted octanol–water partition coefficient (Wildman–Crippen LogP) is 2.29. The van der Waals surface area contributed by atoms with Crippen LogP contribution in [-0.4, -0.2) is 25.4 Å². The zero-order valence-corrected chi connectivity index (χ0v) is 10.9. The Labute approximate surface area is 110 Å². The van der Waals surface area contributed by atoms with Crippen molar-refractivity contribution in [1.82, 2.24) is 5.32 Å². The monoisotopic (exact) mass is 276 g/mol. The topological polar surface area (TPSA) is 64.3 Å². The van der Waals surface area contributed by atoms with Gasteiger partial charge in [-0.05, 0) is 12.5 Å². The molecule has 1 aromatic rings. The van der Waals surface area contributed by atoms with Gasteiger partial charge in [0, 0.05) is 18.5 Å². The summed E-state index contributed by atoms with van der Waals surface area (Å²) in [5.74, 6) is 0.643. The minimum Gasteiger partial charge on any atom is -0.496 e. The first kappa shape index (κ1) is 13.9. The maximum atomic E-state index is 11.8. The molecule has 1 rings (SSSR count). The summed E-state index contributed by atoms with van der Waals surface area (Å²) in [7, 11) is 1.47. The Morgan fingerprint density at radius 2 is 2.24 bits per heavy atom. The second kappa shape index (κ2) is 6.57. The van der Waals surface area contributed by atoms with Crippen LogP contribution in [0.1, 0.15) is 16.8 Å². The Kier molecular flexibility index (Phi) is 5.38. The van der Waals surface area contributed by atoms with E-state index in [9.17, 15) is 4.79 Å². The molecule has 4 nitrogen and oxygen atoms in total. The average Bonchev–Trinajstić information content (AvgIpc) is 2.32. The molecule has 17 heavy (non-hydrogen) atoms. The Bertz CT molecular complexity index is 411. The molecule has 0 atom stereocenters. The van der Waals surface area contributed by atoms with Crippen molar-refractivity contribution >= 4 is 34.8 Å². The highest BCUT2D eigenvalue weighted by atomic mass is 35.5. The van der Waals surface area contributed by atoms with Crippen molar-refractivity contribution in [2.75, 3.05) is 25.3 Å². The van der Waals surface area contributed by atoms with Gasteiger partial charge in [0.05, 0.1) is 23.4 Å². The molecule has 1 amide bonds. The Morgan fingerprint density at radius 3 is 2.82 bits per heavy atom. The van der Waals surface area contributed by atoms with Crippen molar-refractivity contribution in [2.24, 2.45) is 0 Å². The van der Waals surface area contributed by atoms with E-state index in [0.29, 0.717) is 40.9 Å². The van der Waals surface area contributed by atoms with E-state index in [1.165, 1.54) is 19.2 Å². The van der Waals surface area contributed by atoms with E-state index in [2.05, 4.69) is 5.32 Å². The fourth-order valence-corrected chi connectivity index (χ4v) is 1.58. The highest BCUT2D eigenvalue weighted by molar-refractivity contribution is 6.33. The zero-order chi connectivity index (χ0) is 12.8. The van der Waals surface area contributed by atoms with Crippen LogP contribution in [0.15, 0.2) is 12.1 Å². The van der Waals surface area contributed by atoms with E-state index >= 15 is 0 Å². The number of halogens is 2. The van der Waals surface area contributed by atoms with E-state index in [-0.39, 0.29) is 5.91 Å². The third kappa shape index (κ3) is 3.68. The fraction of sp³-hybridized carbons (Fsp3) is 0.364. The van der Waals surface area contributed by atoms with Crippen LogP contribution in [0.2, 0.25) is 5.02 Å². The van der Waals surface area contributed by atoms with Crippen LogP contribution >= 0.6 is 23.2 Å². The SMILES string of the molecule is COc1cc(N)c(Cl)cc1C(=O)NCCCCl. The van der Waals surface area contributed by atoms with Gasteiger partial charge in [0.25, 0.3) is 5.91 Å². The lowest BCUT2D eigenvalue weighted by atomic mass is 10.1. The van der Waals surface area contributed by atoms with Gasteiger partial charge in [0.1, 0.15) is 5.75 Å². The lowest BCUT2D eigenvalue weighted by molar-refractivity contribution is 0.0951. The van der Waals surface area contributed by atoms with Gasteiger partial charge in [-0.15, -0.1) is 11.6 Å². The van der Waals surface area contributed by atoms with Crippen LogP contribution in [0.25, 0.3) is 0 Å². The molecular formula is C11H14Cl2N2O2. The smallest absolute Gasteiger partial charge is 0.255 e. The third-order valence-corrected chi connectivity index (χ3v) is 2.75. The van der Waals surface area contributed by atoms with E-state index < -0.39 is 0 Å². The summed E-state index contributed by atoms with van der Waals surface area (Å²) in [5, 5.41) is 3.05. The average molecular weight is 277 g/mol. The van der Waals surface area contributed by atoms with E-state index in [1.54, 1.807) is 0 Å². The number of amides is 1. The van der Waals surface area contributed by atoms with Gasteiger partial charge in [0.15, 0.2) is 0 Å². The summed E-state index contributed by atoms with van der Waals surface area (Å²) < 4.78 is 5.08. The van der Waals surface area contributed by atoms with Crippen LogP contribution < -0.4 is 15.8 Å². The molecule has 0 aromatic heterocycles. The van der Waals surface area contributed by atoms with Crippen LogP contribution in [0.5, 0.6) is 5.75 Å².